The van der Waals surface area contributed by atoms with E-state index >= 15 is 0 Å². The molecule has 0 aromatic heterocycles. The van der Waals surface area contributed by atoms with Gasteiger partial charge in [-0.15, -0.1) is 0 Å². The molecule has 0 bridgehead atoms. The van der Waals surface area contributed by atoms with E-state index in [1.165, 1.54) is 40.8 Å². The van der Waals surface area contributed by atoms with Crippen molar-refractivity contribution in [1.29, 1.82) is 0 Å². The summed E-state index contributed by atoms with van der Waals surface area (Å²) in [5, 5.41) is 0. The van der Waals surface area contributed by atoms with Crippen molar-refractivity contribution in [2.24, 2.45) is 5.73 Å². The van der Waals surface area contributed by atoms with Gasteiger partial charge in [-0.05, 0) is 55.5 Å². The second-order valence-corrected chi connectivity index (χ2v) is 5.96. The number of hydrogen-bond donors (Lipinski definition) is 1. The normalized spacial score (nSPS) is 14.7. The molecule has 0 radical (unpaired) electrons. The van der Waals surface area contributed by atoms with Crippen LogP contribution in [0.3, 0.4) is 0 Å². The van der Waals surface area contributed by atoms with Gasteiger partial charge in [0.05, 0.1) is 0 Å². The van der Waals surface area contributed by atoms with Crippen LogP contribution < -0.4 is 10.6 Å². The van der Waals surface area contributed by atoms with Crippen LogP contribution in [-0.4, -0.2) is 13.1 Å². The first-order valence-corrected chi connectivity index (χ1v) is 7.89. The predicted octanol–water partition coefficient (Wildman–Crippen LogP) is 3.45. The van der Waals surface area contributed by atoms with Gasteiger partial charge in [0.1, 0.15) is 0 Å². The van der Waals surface area contributed by atoms with Crippen molar-refractivity contribution in [3.63, 3.8) is 0 Å². The first-order valence-electron chi connectivity index (χ1n) is 7.89. The topological polar surface area (TPSA) is 29.3 Å². The van der Waals surface area contributed by atoms with E-state index in [1.54, 1.807) is 0 Å². The minimum absolute atomic E-state index is 0.709. The van der Waals surface area contributed by atoms with Crippen molar-refractivity contribution in [2.75, 3.05) is 18.0 Å². The summed E-state index contributed by atoms with van der Waals surface area (Å²) in [7, 11) is 0. The number of anilines is 1. The van der Waals surface area contributed by atoms with E-state index in [2.05, 4.69) is 54.3 Å². The van der Waals surface area contributed by atoms with Gasteiger partial charge in [0, 0.05) is 18.8 Å². The molecule has 3 rings (SSSR count). The Morgan fingerprint density at radius 3 is 2.71 bits per heavy atom. The van der Waals surface area contributed by atoms with Gasteiger partial charge in [0.15, 0.2) is 0 Å². The largest absolute Gasteiger partial charge is 0.367 e. The fourth-order valence-electron chi connectivity index (χ4n) is 3.28. The number of hydrogen-bond acceptors (Lipinski definition) is 2. The SMILES string of the molecule is Cc1ccc(N2CCCc3ccccc3C2)c(CCN)c1. The van der Waals surface area contributed by atoms with E-state index in [9.17, 15) is 0 Å². The maximum atomic E-state index is 5.80. The predicted molar refractivity (Wildman–Crippen MR) is 89.8 cm³/mol. The zero-order valence-corrected chi connectivity index (χ0v) is 12.8. The smallest absolute Gasteiger partial charge is 0.0432 e. The van der Waals surface area contributed by atoms with Crippen molar-refractivity contribution in [3.8, 4) is 0 Å². The summed E-state index contributed by atoms with van der Waals surface area (Å²) in [6.07, 6.45) is 3.35. The number of aryl methyl sites for hydroxylation is 2. The molecule has 0 spiro atoms. The molecular weight excluding hydrogens is 256 g/mol. The number of benzene rings is 2. The van der Waals surface area contributed by atoms with Crippen LogP contribution in [0.4, 0.5) is 5.69 Å². The zero-order chi connectivity index (χ0) is 14.7. The Labute approximate surface area is 127 Å². The summed E-state index contributed by atoms with van der Waals surface area (Å²) in [6.45, 7) is 4.99. The van der Waals surface area contributed by atoms with E-state index in [-0.39, 0.29) is 0 Å². The average Bonchev–Trinajstić information content (AvgIpc) is 2.70. The number of rotatable bonds is 3. The van der Waals surface area contributed by atoms with Crippen molar-refractivity contribution < 1.29 is 0 Å². The number of fused-ring (bicyclic) bond motifs is 1. The van der Waals surface area contributed by atoms with Crippen LogP contribution in [0.5, 0.6) is 0 Å². The molecule has 0 fully saturated rings. The van der Waals surface area contributed by atoms with Crippen molar-refractivity contribution in [3.05, 3.63) is 64.7 Å². The summed E-state index contributed by atoms with van der Waals surface area (Å²) < 4.78 is 0. The van der Waals surface area contributed by atoms with Crippen molar-refractivity contribution >= 4 is 5.69 Å². The molecule has 1 heterocycles. The minimum atomic E-state index is 0.709. The van der Waals surface area contributed by atoms with Gasteiger partial charge >= 0.3 is 0 Å². The van der Waals surface area contributed by atoms with Gasteiger partial charge in [0.25, 0.3) is 0 Å². The Balaban J connectivity index is 1.94. The lowest BCUT2D eigenvalue weighted by atomic mass is 10.0. The Bertz CT molecular complexity index is 619. The lowest BCUT2D eigenvalue weighted by molar-refractivity contribution is 0.759. The molecule has 1 aliphatic rings. The molecule has 0 atom stereocenters. The Morgan fingerprint density at radius 2 is 1.90 bits per heavy atom. The molecule has 0 saturated heterocycles. The van der Waals surface area contributed by atoms with E-state index in [1.807, 2.05) is 0 Å². The zero-order valence-electron chi connectivity index (χ0n) is 12.8. The molecule has 2 heteroatoms. The third-order valence-corrected chi connectivity index (χ3v) is 4.34. The monoisotopic (exact) mass is 280 g/mol. The Kier molecular flexibility index (Phi) is 4.26. The standard InChI is InChI=1S/C19H24N2/c1-15-8-9-19(17(13-15)10-11-20)21-12-4-7-16-5-2-3-6-18(16)14-21/h2-3,5-6,8-9,13H,4,7,10-12,14,20H2,1H3. The quantitative estimate of drug-likeness (QED) is 0.933. The fraction of sp³-hybridized carbons (Fsp3) is 0.368. The number of nitrogens with zero attached hydrogens (tertiary/aromatic N) is 1. The Hall–Kier alpha value is -1.80. The molecule has 1 aliphatic heterocycles. The summed E-state index contributed by atoms with van der Waals surface area (Å²) in [5.74, 6) is 0. The molecule has 2 N–H and O–H groups in total. The van der Waals surface area contributed by atoms with Crippen LogP contribution in [0, 0.1) is 6.92 Å². The van der Waals surface area contributed by atoms with Crippen LogP contribution in [0.1, 0.15) is 28.7 Å². The lowest BCUT2D eigenvalue weighted by Crippen LogP contribution is -2.24. The maximum Gasteiger partial charge on any atom is 0.0432 e. The van der Waals surface area contributed by atoms with Crippen LogP contribution in [0.15, 0.2) is 42.5 Å². The van der Waals surface area contributed by atoms with Gasteiger partial charge in [-0.2, -0.15) is 0 Å². The summed E-state index contributed by atoms with van der Waals surface area (Å²) in [6, 6.07) is 15.6. The first-order chi connectivity index (χ1) is 10.3. The van der Waals surface area contributed by atoms with E-state index in [0.29, 0.717) is 6.54 Å². The summed E-state index contributed by atoms with van der Waals surface area (Å²) >= 11 is 0. The van der Waals surface area contributed by atoms with Gasteiger partial charge in [-0.25, -0.2) is 0 Å². The van der Waals surface area contributed by atoms with Crippen LogP contribution >= 0.6 is 0 Å². The molecular formula is C19H24N2. The van der Waals surface area contributed by atoms with Gasteiger partial charge in [-0.1, -0.05) is 42.0 Å². The molecule has 2 nitrogen and oxygen atoms in total. The van der Waals surface area contributed by atoms with Crippen LogP contribution in [0.25, 0.3) is 0 Å². The molecule has 0 saturated carbocycles. The van der Waals surface area contributed by atoms with Crippen molar-refractivity contribution in [1.82, 2.24) is 0 Å². The summed E-state index contributed by atoms with van der Waals surface area (Å²) in [5.41, 5.74) is 12.8. The molecule has 110 valence electrons. The van der Waals surface area contributed by atoms with E-state index in [0.717, 1.165) is 19.5 Å². The molecule has 0 aliphatic carbocycles. The van der Waals surface area contributed by atoms with E-state index in [4.69, 9.17) is 5.73 Å². The maximum absolute atomic E-state index is 5.80. The van der Waals surface area contributed by atoms with Gasteiger partial charge in [-0.3, -0.25) is 0 Å². The highest BCUT2D eigenvalue weighted by Crippen LogP contribution is 2.27. The number of nitrogens with two attached hydrogens (primary N) is 1. The highest BCUT2D eigenvalue weighted by molar-refractivity contribution is 5.56. The van der Waals surface area contributed by atoms with Gasteiger partial charge in [0.2, 0.25) is 0 Å². The second kappa shape index (κ2) is 6.31. The van der Waals surface area contributed by atoms with Crippen LogP contribution in [-0.2, 0) is 19.4 Å². The molecule has 21 heavy (non-hydrogen) atoms. The molecule has 0 amide bonds. The average molecular weight is 280 g/mol. The van der Waals surface area contributed by atoms with E-state index < -0.39 is 0 Å². The van der Waals surface area contributed by atoms with Crippen LogP contribution in [0.2, 0.25) is 0 Å². The fourth-order valence-corrected chi connectivity index (χ4v) is 3.28. The highest BCUT2D eigenvalue weighted by Gasteiger charge is 2.16. The highest BCUT2D eigenvalue weighted by atomic mass is 15.1. The van der Waals surface area contributed by atoms with Crippen molar-refractivity contribution in [2.45, 2.75) is 32.7 Å². The first kappa shape index (κ1) is 14.2. The molecule has 2 aromatic carbocycles. The molecule has 0 unspecified atom stereocenters. The minimum Gasteiger partial charge on any atom is -0.367 e. The Morgan fingerprint density at radius 1 is 1.10 bits per heavy atom. The second-order valence-electron chi connectivity index (χ2n) is 5.96. The summed E-state index contributed by atoms with van der Waals surface area (Å²) in [4.78, 5) is 2.52. The third kappa shape index (κ3) is 3.11. The lowest BCUT2D eigenvalue weighted by Gasteiger charge is -2.26. The third-order valence-electron chi connectivity index (χ3n) is 4.34. The van der Waals surface area contributed by atoms with Gasteiger partial charge < -0.3 is 10.6 Å². The molecule has 2 aromatic rings.